The Balaban J connectivity index is 2.06. The van der Waals surface area contributed by atoms with E-state index in [4.69, 9.17) is 10.9 Å². The zero-order chi connectivity index (χ0) is 13.2. The minimum Gasteiger partial charge on any atom is -0.409 e. The second kappa shape index (κ2) is 4.96. The van der Waals surface area contributed by atoms with Crippen LogP contribution in [-0.2, 0) is 6.54 Å². The average Bonchev–Trinajstić information content (AvgIpc) is 2.68. The summed E-state index contributed by atoms with van der Waals surface area (Å²) < 4.78 is 0. The van der Waals surface area contributed by atoms with Gasteiger partial charge in [0.05, 0.1) is 5.60 Å². The van der Waals surface area contributed by atoms with Crippen molar-refractivity contribution in [1.29, 1.82) is 0 Å². The fraction of sp³-hybridized carbons (Fsp3) is 0.462. The van der Waals surface area contributed by atoms with Gasteiger partial charge < -0.3 is 16.0 Å². The van der Waals surface area contributed by atoms with Crippen LogP contribution < -0.4 is 5.73 Å². The third kappa shape index (κ3) is 3.00. The van der Waals surface area contributed by atoms with E-state index in [9.17, 15) is 5.11 Å². The molecule has 0 amide bonds. The maximum absolute atomic E-state index is 9.91. The summed E-state index contributed by atoms with van der Waals surface area (Å²) in [5.41, 5.74) is 6.78. The summed E-state index contributed by atoms with van der Waals surface area (Å²) in [7, 11) is 0. The summed E-state index contributed by atoms with van der Waals surface area (Å²) in [4.78, 5) is 2.20. The lowest BCUT2D eigenvalue weighted by Crippen LogP contribution is -2.29. The average molecular weight is 249 g/mol. The van der Waals surface area contributed by atoms with Crippen LogP contribution in [0.5, 0.6) is 0 Å². The SMILES string of the molecule is CC1(O)CCN(Cc2cccc(/C(N)=N/O)c2)C1. The molecule has 1 aromatic rings. The van der Waals surface area contributed by atoms with Crippen molar-refractivity contribution in [2.24, 2.45) is 10.9 Å². The van der Waals surface area contributed by atoms with Crippen molar-refractivity contribution in [2.75, 3.05) is 13.1 Å². The topological polar surface area (TPSA) is 82.1 Å². The van der Waals surface area contributed by atoms with Gasteiger partial charge in [-0.15, -0.1) is 0 Å². The van der Waals surface area contributed by atoms with E-state index >= 15 is 0 Å². The van der Waals surface area contributed by atoms with E-state index < -0.39 is 5.60 Å². The highest BCUT2D eigenvalue weighted by Crippen LogP contribution is 2.22. The van der Waals surface area contributed by atoms with Crippen LogP contribution in [0.1, 0.15) is 24.5 Å². The van der Waals surface area contributed by atoms with Gasteiger partial charge in [0.2, 0.25) is 0 Å². The first-order chi connectivity index (χ1) is 8.50. The molecule has 1 aromatic carbocycles. The molecule has 1 aliphatic rings. The Hall–Kier alpha value is -1.59. The van der Waals surface area contributed by atoms with Crippen molar-refractivity contribution in [1.82, 2.24) is 4.90 Å². The molecule has 5 nitrogen and oxygen atoms in total. The second-order valence-electron chi connectivity index (χ2n) is 5.14. The number of nitrogens with two attached hydrogens (primary N) is 1. The smallest absolute Gasteiger partial charge is 0.170 e. The highest BCUT2D eigenvalue weighted by molar-refractivity contribution is 5.97. The van der Waals surface area contributed by atoms with Gasteiger partial charge in [-0.2, -0.15) is 0 Å². The summed E-state index contributed by atoms with van der Waals surface area (Å²) >= 11 is 0. The van der Waals surface area contributed by atoms with Gasteiger partial charge in [0.1, 0.15) is 0 Å². The fourth-order valence-corrected chi connectivity index (χ4v) is 2.32. The van der Waals surface area contributed by atoms with Gasteiger partial charge in [0, 0.05) is 25.2 Å². The fourth-order valence-electron chi connectivity index (χ4n) is 2.32. The molecule has 1 heterocycles. The Kier molecular flexibility index (Phi) is 3.54. The Morgan fingerprint density at radius 3 is 2.94 bits per heavy atom. The number of rotatable bonds is 3. The maximum atomic E-state index is 9.91. The number of β-amino-alcohol motifs (C(OH)–C–C–N with tert-alkyl or cyclic N) is 1. The normalized spacial score (nSPS) is 25.6. The zero-order valence-corrected chi connectivity index (χ0v) is 10.5. The highest BCUT2D eigenvalue weighted by atomic mass is 16.4. The molecule has 1 unspecified atom stereocenters. The summed E-state index contributed by atoms with van der Waals surface area (Å²) in [6.07, 6.45) is 0.799. The number of hydrogen-bond acceptors (Lipinski definition) is 4. The van der Waals surface area contributed by atoms with E-state index in [0.717, 1.165) is 25.1 Å². The van der Waals surface area contributed by atoms with Crippen LogP contribution in [0.2, 0.25) is 0 Å². The Labute approximate surface area is 107 Å². The highest BCUT2D eigenvalue weighted by Gasteiger charge is 2.30. The van der Waals surface area contributed by atoms with E-state index in [-0.39, 0.29) is 5.84 Å². The standard InChI is InChI=1S/C13H19N3O2/c1-13(17)5-6-16(9-13)8-10-3-2-4-11(7-10)12(14)15-18/h2-4,7,17-18H,5-6,8-9H2,1H3,(H2,14,15). The molecule has 0 radical (unpaired) electrons. The third-order valence-corrected chi connectivity index (χ3v) is 3.27. The predicted molar refractivity (Wildman–Crippen MR) is 69.5 cm³/mol. The third-order valence-electron chi connectivity index (χ3n) is 3.27. The lowest BCUT2D eigenvalue weighted by Gasteiger charge is -2.19. The van der Waals surface area contributed by atoms with Crippen molar-refractivity contribution in [2.45, 2.75) is 25.5 Å². The molecule has 0 spiro atoms. The largest absolute Gasteiger partial charge is 0.409 e. The van der Waals surface area contributed by atoms with Gasteiger partial charge in [-0.25, -0.2) is 0 Å². The first-order valence-electron chi connectivity index (χ1n) is 6.02. The number of aliphatic hydroxyl groups is 1. The van der Waals surface area contributed by atoms with Crippen molar-refractivity contribution >= 4 is 5.84 Å². The number of benzene rings is 1. The van der Waals surface area contributed by atoms with Gasteiger partial charge in [0.25, 0.3) is 0 Å². The molecule has 18 heavy (non-hydrogen) atoms. The van der Waals surface area contributed by atoms with Crippen molar-refractivity contribution < 1.29 is 10.3 Å². The van der Waals surface area contributed by atoms with E-state index in [1.807, 2.05) is 25.1 Å². The molecule has 1 atom stereocenters. The van der Waals surface area contributed by atoms with Crippen LogP contribution >= 0.6 is 0 Å². The van der Waals surface area contributed by atoms with E-state index in [2.05, 4.69) is 10.1 Å². The number of hydrogen-bond donors (Lipinski definition) is 3. The zero-order valence-electron chi connectivity index (χ0n) is 10.5. The Morgan fingerprint density at radius 1 is 1.56 bits per heavy atom. The van der Waals surface area contributed by atoms with Crippen LogP contribution in [0.15, 0.2) is 29.4 Å². The van der Waals surface area contributed by atoms with Crippen LogP contribution in [0.4, 0.5) is 0 Å². The van der Waals surface area contributed by atoms with Crippen molar-refractivity contribution in [3.05, 3.63) is 35.4 Å². The van der Waals surface area contributed by atoms with Gasteiger partial charge in [-0.05, 0) is 25.0 Å². The quantitative estimate of drug-likeness (QED) is 0.319. The van der Waals surface area contributed by atoms with E-state index in [0.29, 0.717) is 12.1 Å². The minimum atomic E-state index is -0.580. The monoisotopic (exact) mass is 249 g/mol. The number of nitrogens with zero attached hydrogens (tertiary/aromatic N) is 2. The molecule has 98 valence electrons. The number of amidine groups is 1. The van der Waals surface area contributed by atoms with Gasteiger partial charge in [-0.3, -0.25) is 4.90 Å². The van der Waals surface area contributed by atoms with E-state index in [1.54, 1.807) is 6.07 Å². The molecular formula is C13H19N3O2. The lowest BCUT2D eigenvalue weighted by atomic mass is 10.1. The molecule has 0 saturated carbocycles. The summed E-state index contributed by atoms with van der Waals surface area (Å²) in [5.74, 6) is 0.116. The van der Waals surface area contributed by atoms with Crippen LogP contribution in [0.25, 0.3) is 0 Å². The number of oxime groups is 1. The molecular weight excluding hydrogens is 230 g/mol. The van der Waals surface area contributed by atoms with Crippen LogP contribution in [0.3, 0.4) is 0 Å². The molecule has 0 bridgehead atoms. The summed E-state index contributed by atoms with van der Waals surface area (Å²) in [5, 5.41) is 21.6. The first-order valence-corrected chi connectivity index (χ1v) is 6.02. The van der Waals surface area contributed by atoms with Crippen molar-refractivity contribution in [3.8, 4) is 0 Å². The Bertz CT molecular complexity index is 457. The molecule has 5 heteroatoms. The molecule has 2 rings (SSSR count). The lowest BCUT2D eigenvalue weighted by molar-refractivity contribution is 0.0679. The minimum absolute atomic E-state index is 0.116. The molecule has 1 aliphatic heterocycles. The van der Waals surface area contributed by atoms with Gasteiger partial charge in [0.15, 0.2) is 5.84 Å². The first kappa shape index (κ1) is 12.9. The molecule has 4 N–H and O–H groups in total. The Morgan fingerprint density at radius 2 is 2.33 bits per heavy atom. The van der Waals surface area contributed by atoms with Crippen LogP contribution in [-0.4, -0.2) is 39.7 Å². The van der Waals surface area contributed by atoms with E-state index in [1.165, 1.54) is 0 Å². The molecule has 0 aliphatic carbocycles. The molecule has 1 fully saturated rings. The maximum Gasteiger partial charge on any atom is 0.170 e. The summed E-state index contributed by atoms with van der Waals surface area (Å²) in [6, 6.07) is 7.60. The van der Waals surface area contributed by atoms with Crippen LogP contribution in [0, 0.1) is 0 Å². The number of likely N-dealkylation sites (tertiary alicyclic amines) is 1. The predicted octanol–water partition coefficient (Wildman–Crippen LogP) is 0.738. The van der Waals surface area contributed by atoms with Crippen molar-refractivity contribution in [3.63, 3.8) is 0 Å². The van der Waals surface area contributed by atoms with Gasteiger partial charge in [-0.1, -0.05) is 23.4 Å². The molecule has 0 aromatic heterocycles. The van der Waals surface area contributed by atoms with Gasteiger partial charge >= 0.3 is 0 Å². The molecule has 1 saturated heterocycles. The second-order valence-corrected chi connectivity index (χ2v) is 5.14. The summed E-state index contributed by atoms with van der Waals surface area (Å²) in [6.45, 7) is 4.20.